The molecule has 4 nitrogen and oxygen atoms in total. The van der Waals surface area contributed by atoms with Crippen LogP contribution in [-0.2, 0) is 9.53 Å². The van der Waals surface area contributed by atoms with Gasteiger partial charge in [0.15, 0.2) is 0 Å². The van der Waals surface area contributed by atoms with E-state index in [4.69, 9.17) is 4.74 Å². The van der Waals surface area contributed by atoms with Gasteiger partial charge < -0.3 is 10.1 Å². The molecule has 1 saturated heterocycles. The van der Waals surface area contributed by atoms with E-state index < -0.39 is 5.41 Å². The highest BCUT2D eigenvalue weighted by molar-refractivity contribution is 5.80. The molecular weight excluding hydrogens is 252 g/mol. The van der Waals surface area contributed by atoms with Crippen LogP contribution in [0.4, 0.5) is 0 Å². The molecule has 0 aromatic rings. The zero-order chi connectivity index (χ0) is 14.6. The third kappa shape index (κ3) is 2.81. The Bertz CT molecular complexity index is 422. The van der Waals surface area contributed by atoms with Crippen molar-refractivity contribution in [2.45, 2.75) is 26.7 Å². The number of carbonyl (C=O) groups excluding carboxylic acids is 1. The maximum atomic E-state index is 12.6. The van der Waals surface area contributed by atoms with Crippen LogP contribution in [0.1, 0.15) is 26.7 Å². The second kappa shape index (κ2) is 6.10. The van der Waals surface area contributed by atoms with Gasteiger partial charge in [-0.05, 0) is 25.8 Å². The average molecular weight is 279 g/mol. The van der Waals surface area contributed by atoms with Gasteiger partial charge in [-0.25, -0.2) is 0 Å². The number of ether oxygens (including phenoxy) is 1. The Morgan fingerprint density at radius 1 is 1.45 bits per heavy atom. The quantitative estimate of drug-likeness (QED) is 0.630. The summed E-state index contributed by atoms with van der Waals surface area (Å²) in [7, 11) is 2.23. The maximum Gasteiger partial charge on any atom is 0.322 e. The molecule has 1 aliphatic heterocycles. The van der Waals surface area contributed by atoms with E-state index in [0.717, 1.165) is 43.5 Å². The van der Waals surface area contributed by atoms with Crippen LogP contribution in [0.5, 0.6) is 0 Å². The summed E-state index contributed by atoms with van der Waals surface area (Å²) in [5.41, 5.74) is 0.679. The first-order valence-corrected chi connectivity index (χ1v) is 7.63. The van der Waals surface area contributed by atoms with Crippen molar-refractivity contribution in [3.8, 4) is 0 Å². The summed E-state index contributed by atoms with van der Waals surface area (Å²) in [4.78, 5) is 12.6. The first kappa shape index (κ1) is 15.3. The summed E-state index contributed by atoms with van der Waals surface area (Å²) in [5, 5.41) is 3.39. The lowest BCUT2D eigenvalue weighted by molar-refractivity contribution is -0.879. The van der Waals surface area contributed by atoms with Crippen molar-refractivity contribution in [3.63, 3.8) is 0 Å². The van der Waals surface area contributed by atoms with Crippen LogP contribution < -0.4 is 5.32 Å². The van der Waals surface area contributed by atoms with Crippen molar-refractivity contribution in [3.05, 3.63) is 23.9 Å². The molecule has 0 bridgehead atoms. The van der Waals surface area contributed by atoms with Crippen LogP contribution in [0.3, 0.4) is 0 Å². The summed E-state index contributed by atoms with van der Waals surface area (Å²) in [5.74, 6) is -0.0761. The Labute approximate surface area is 122 Å². The highest BCUT2D eigenvalue weighted by Crippen LogP contribution is 2.41. The lowest BCUT2D eigenvalue weighted by Gasteiger charge is -2.45. The Kier molecular flexibility index (Phi) is 4.66. The fraction of sp³-hybridized carbons (Fsp3) is 0.688. The van der Waals surface area contributed by atoms with E-state index in [2.05, 4.69) is 30.6 Å². The number of nitrogens with one attached hydrogen (secondary N) is 1. The van der Waals surface area contributed by atoms with Gasteiger partial charge in [0.1, 0.15) is 11.1 Å². The van der Waals surface area contributed by atoms with E-state index in [-0.39, 0.29) is 5.97 Å². The van der Waals surface area contributed by atoms with Crippen molar-refractivity contribution < 1.29 is 14.0 Å². The van der Waals surface area contributed by atoms with Crippen LogP contribution in [-0.4, -0.2) is 50.3 Å². The molecule has 0 aromatic heterocycles. The number of esters is 1. The largest absolute Gasteiger partial charge is 0.465 e. The molecule has 1 aliphatic carbocycles. The monoisotopic (exact) mass is 279 g/mol. The van der Waals surface area contributed by atoms with E-state index in [0.29, 0.717) is 6.61 Å². The van der Waals surface area contributed by atoms with Gasteiger partial charge in [0.2, 0.25) is 0 Å². The van der Waals surface area contributed by atoms with Crippen LogP contribution in [0.2, 0.25) is 0 Å². The molecule has 0 saturated carbocycles. The molecule has 0 spiro atoms. The van der Waals surface area contributed by atoms with E-state index in [9.17, 15) is 4.79 Å². The molecule has 20 heavy (non-hydrogen) atoms. The van der Waals surface area contributed by atoms with Crippen molar-refractivity contribution in [2.24, 2.45) is 5.41 Å². The Morgan fingerprint density at radius 3 is 2.80 bits per heavy atom. The van der Waals surface area contributed by atoms with Gasteiger partial charge in [-0.1, -0.05) is 19.1 Å². The minimum absolute atomic E-state index is 0.0761. The fourth-order valence-corrected chi connectivity index (χ4v) is 3.20. The van der Waals surface area contributed by atoms with Gasteiger partial charge in [0.25, 0.3) is 0 Å². The summed E-state index contributed by atoms with van der Waals surface area (Å²) in [6.07, 6.45) is 7.89. The van der Waals surface area contributed by atoms with Gasteiger partial charge >= 0.3 is 5.97 Å². The van der Waals surface area contributed by atoms with Gasteiger partial charge in [-0.3, -0.25) is 9.28 Å². The SMILES string of the molecule is CCCOC(=O)C1(C)CC=CC=C1[N+]1(C)CCNCC1. The van der Waals surface area contributed by atoms with Crippen molar-refractivity contribution >= 4 is 5.97 Å². The fourth-order valence-electron chi connectivity index (χ4n) is 3.20. The standard InChI is InChI=1S/C16H27N2O2/c1-4-13-20-15(19)16(2)8-6-5-7-14(16)18(3)11-9-17-10-12-18/h5-7,17H,4,8-13H2,1-3H3/q+1. The topological polar surface area (TPSA) is 38.3 Å². The molecule has 1 fully saturated rings. The van der Waals surface area contributed by atoms with E-state index in [1.54, 1.807) is 0 Å². The van der Waals surface area contributed by atoms with Crippen LogP contribution in [0.25, 0.3) is 0 Å². The molecule has 2 aliphatic rings. The third-order valence-electron chi connectivity index (χ3n) is 4.52. The molecule has 0 radical (unpaired) electrons. The summed E-state index contributed by atoms with van der Waals surface area (Å²) in [6, 6.07) is 0. The zero-order valence-corrected chi connectivity index (χ0v) is 12.9. The number of nitrogens with zero attached hydrogens (tertiary/aromatic N) is 1. The van der Waals surface area contributed by atoms with Crippen molar-refractivity contribution in [2.75, 3.05) is 39.8 Å². The molecule has 2 rings (SSSR count). The van der Waals surface area contributed by atoms with E-state index >= 15 is 0 Å². The second-order valence-electron chi connectivity index (χ2n) is 6.25. The molecule has 1 unspecified atom stereocenters. The number of hydrogen-bond acceptors (Lipinski definition) is 3. The van der Waals surface area contributed by atoms with Gasteiger partial charge in [0, 0.05) is 13.1 Å². The maximum absolute atomic E-state index is 12.6. The first-order valence-electron chi connectivity index (χ1n) is 7.63. The lowest BCUT2D eigenvalue weighted by Crippen LogP contribution is -2.59. The Morgan fingerprint density at radius 2 is 2.15 bits per heavy atom. The van der Waals surface area contributed by atoms with E-state index in [1.165, 1.54) is 5.70 Å². The molecule has 1 heterocycles. The van der Waals surface area contributed by atoms with Crippen LogP contribution >= 0.6 is 0 Å². The lowest BCUT2D eigenvalue weighted by atomic mass is 9.78. The molecule has 112 valence electrons. The zero-order valence-electron chi connectivity index (χ0n) is 12.9. The third-order valence-corrected chi connectivity index (χ3v) is 4.52. The number of allylic oxidation sites excluding steroid dienone is 3. The highest BCUT2D eigenvalue weighted by atomic mass is 16.5. The van der Waals surface area contributed by atoms with Crippen molar-refractivity contribution in [1.29, 1.82) is 0 Å². The smallest absolute Gasteiger partial charge is 0.322 e. The summed E-state index contributed by atoms with van der Waals surface area (Å²) in [6.45, 7) is 8.61. The highest BCUT2D eigenvalue weighted by Gasteiger charge is 2.48. The first-order chi connectivity index (χ1) is 9.53. The minimum atomic E-state index is -0.518. The number of carbonyl (C=O) groups is 1. The summed E-state index contributed by atoms with van der Waals surface area (Å²) < 4.78 is 6.30. The van der Waals surface area contributed by atoms with Gasteiger partial charge in [-0.2, -0.15) is 0 Å². The number of hydrogen-bond donors (Lipinski definition) is 1. The number of quaternary nitrogens is 1. The number of likely N-dealkylation sites (N-methyl/N-ethyl adjacent to an activating group) is 1. The molecule has 1 N–H and O–H groups in total. The molecule has 4 heteroatoms. The molecule has 0 amide bonds. The Hall–Kier alpha value is -1.13. The number of piperazine rings is 1. The average Bonchev–Trinajstić information content (AvgIpc) is 2.45. The summed E-state index contributed by atoms with van der Waals surface area (Å²) >= 11 is 0. The predicted molar refractivity (Wildman–Crippen MR) is 80.0 cm³/mol. The minimum Gasteiger partial charge on any atom is -0.465 e. The van der Waals surface area contributed by atoms with Crippen molar-refractivity contribution in [1.82, 2.24) is 5.32 Å². The van der Waals surface area contributed by atoms with E-state index in [1.807, 2.05) is 13.8 Å². The predicted octanol–water partition coefficient (Wildman–Crippen LogP) is 1.84. The van der Waals surface area contributed by atoms with Crippen LogP contribution in [0, 0.1) is 5.41 Å². The second-order valence-corrected chi connectivity index (χ2v) is 6.25. The van der Waals surface area contributed by atoms with Gasteiger partial charge in [0.05, 0.1) is 26.7 Å². The normalized spacial score (nSPS) is 28.9. The Balaban J connectivity index is 2.25. The molecular formula is C16H27N2O2+. The number of rotatable bonds is 4. The van der Waals surface area contributed by atoms with Gasteiger partial charge in [-0.15, -0.1) is 0 Å². The molecule has 0 aromatic carbocycles. The van der Waals surface area contributed by atoms with Crippen LogP contribution in [0.15, 0.2) is 23.9 Å². The molecule has 1 atom stereocenters.